The molecule has 0 amide bonds. The van der Waals surface area contributed by atoms with E-state index in [2.05, 4.69) is 15.9 Å². The number of ether oxygens (including phenoxy) is 1. The van der Waals surface area contributed by atoms with Crippen LogP contribution in [0.1, 0.15) is 28.4 Å². The summed E-state index contributed by atoms with van der Waals surface area (Å²) in [5.41, 5.74) is 0.751. The molecule has 4 nitrogen and oxygen atoms in total. The van der Waals surface area contributed by atoms with Crippen molar-refractivity contribution in [2.45, 2.75) is 12.3 Å². The summed E-state index contributed by atoms with van der Waals surface area (Å²) in [6.07, 6.45) is 0. The molecule has 0 aromatic heterocycles. The normalized spacial score (nSPS) is 9.56. The Balaban J connectivity index is 3.29. The van der Waals surface area contributed by atoms with Gasteiger partial charge >= 0.3 is 5.97 Å². The van der Waals surface area contributed by atoms with Crippen molar-refractivity contribution in [3.05, 3.63) is 28.8 Å². The molecular weight excluding hydrogens is 274 g/mol. The number of hydrogen-bond donors (Lipinski definition) is 1. The predicted molar refractivity (Wildman–Crippen MR) is 61.4 cm³/mol. The van der Waals surface area contributed by atoms with Crippen LogP contribution in [0.5, 0.6) is 5.75 Å². The highest BCUT2D eigenvalue weighted by Crippen LogP contribution is 2.24. The third-order valence-electron chi connectivity index (χ3n) is 1.94. The van der Waals surface area contributed by atoms with E-state index in [4.69, 9.17) is 10.00 Å². The number of phenols is 1. The van der Waals surface area contributed by atoms with Crippen LogP contribution in [0.25, 0.3) is 0 Å². The van der Waals surface area contributed by atoms with E-state index >= 15 is 0 Å². The molecule has 0 atom stereocenters. The molecule has 0 spiro atoms. The minimum absolute atomic E-state index is 0.0526. The lowest BCUT2D eigenvalue weighted by molar-refractivity contribution is 0.0525. The molecule has 0 saturated carbocycles. The van der Waals surface area contributed by atoms with E-state index in [0.717, 1.165) is 0 Å². The molecule has 0 unspecified atom stereocenters. The Morgan fingerprint density at radius 1 is 1.62 bits per heavy atom. The Hall–Kier alpha value is -1.54. The van der Waals surface area contributed by atoms with Gasteiger partial charge in [0, 0.05) is 5.33 Å². The van der Waals surface area contributed by atoms with Crippen LogP contribution in [-0.4, -0.2) is 17.7 Å². The molecule has 16 heavy (non-hydrogen) atoms. The van der Waals surface area contributed by atoms with Gasteiger partial charge in [-0.2, -0.15) is 5.26 Å². The Kier molecular flexibility index (Phi) is 4.32. The van der Waals surface area contributed by atoms with Crippen LogP contribution in [0.4, 0.5) is 0 Å². The zero-order valence-corrected chi connectivity index (χ0v) is 10.2. The highest BCUT2D eigenvalue weighted by Gasteiger charge is 2.17. The fraction of sp³-hybridized carbons (Fsp3) is 0.273. The van der Waals surface area contributed by atoms with Gasteiger partial charge in [-0.1, -0.05) is 15.9 Å². The van der Waals surface area contributed by atoms with Gasteiger partial charge in [0.2, 0.25) is 0 Å². The van der Waals surface area contributed by atoms with E-state index in [-0.39, 0.29) is 23.5 Å². The molecule has 0 bridgehead atoms. The van der Waals surface area contributed by atoms with Crippen LogP contribution in [0.3, 0.4) is 0 Å². The summed E-state index contributed by atoms with van der Waals surface area (Å²) in [6, 6.07) is 4.76. The first-order valence-corrected chi connectivity index (χ1v) is 5.75. The molecule has 1 aromatic rings. The smallest absolute Gasteiger partial charge is 0.339 e. The number of benzene rings is 1. The monoisotopic (exact) mass is 283 g/mol. The number of rotatable bonds is 3. The standard InChI is InChI=1S/C11H10BrNO3/c1-2-16-11(15)8-3-7(5-12)4-10(14)9(8)6-13/h3-4,14H,2,5H2,1H3. The minimum atomic E-state index is -0.600. The van der Waals surface area contributed by atoms with Gasteiger partial charge in [0.15, 0.2) is 0 Å². The van der Waals surface area contributed by atoms with Gasteiger partial charge in [0.25, 0.3) is 0 Å². The summed E-state index contributed by atoms with van der Waals surface area (Å²) in [7, 11) is 0. The van der Waals surface area contributed by atoms with Gasteiger partial charge in [0.05, 0.1) is 12.2 Å². The van der Waals surface area contributed by atoms with E-state index in [1.54, 1.807) is 13.0 Å². The third-order valence-corrected chi connectivity index (χ3v) is 2.59. The lowest BCUT2D eigenvalue weighted by Gasteiger charge is -2.07. The fourth-order valence-electron chi connectivity index (χ4n) is 1.25. The second-order valence-electron chi connectivity index (χ2n) is 3.00. The molecular formula is C11H10BrNO3. The van der Waals surface area contributed by atoms with Crippen LogP contribution in [0.2, 0.25) is 0 Å². The first kappa shape index (κ1) is 12.5. The molecule has 0 aliphatic carbocycles. The number of halogens is 1. The zero-order valence-electron chi connectivity index (χ0n) is 8.66. The SMILES string of the molecule is CCOC(=O)c1cc(CBr)cc(O)c1C#N. The Bertz CT molecular complexity index is 451. The second-order valence-corrected chi connectivity index (χ2v) is 3.56. The number of nitrogens with zero attached hydrogens (tertiary/aromatic N) is 1. The average Bonchev–Trinajstić information content (AvgIpc) is 2.28. The van der Waals surface area contributed by atoms with Gasteiger partial charge in [0.1, 0.15) is 17.4 Å². The molecule has 0 heterocycles. The number of hydrogen-bond acceptors (Lipinski definition) is 4. The lowest BCUT2D eigenvalue weighted by atomic mass is 10.0. The van der Waals surface area contributed by atoms with E-state index < -0.39 is 5.97 Å². The first-order chi connectivity index (χ1) is 7.63. The summed E-state index contributed by atoms with van der Waals surface area (Å²) in [5, 5.41) is 18.9. The van der Waals surface area contributed by atoms with Gasteiger partial charge in [-0.25, -0.2) is 4.79 Å². The van der Waals surface area contributed by atoms with Gasteiger partial charge < -0.3 is 9.84 Å². The van der Waals surface area contributed by atoms with E-state index in [1.165, 1.54) is 12.1 Å². The summed E-state index contributed by atoms with van der Waals surface area (Å²) in [5.74, 6) is -0.806. The van der Waals surface area contributed by atoms with E-state index in [1.807, 2.05) is 0 Å². The van der Waals surface area contributed by atoms with Gasteiger partial charge in [-0.05, 0) is 24.6 Å². The van der Waals surface area contributed by atoms with Crippen LogP contribution >= 0.6 is 15.9 Å². The number of nitriles is 1. The molecule has 1 rings (SSSR count). The van der Waals surface area contributed by atoms with Crippen molar-refractivity contribution in [1.29, 1.82) is 5.26 Å². The molecule has 0 aliphatic heterocycles. The highest BCUT2D eigenvalue weighted by molar-refractivity contribution is 9.08. The molecule has 0 fully saturated rings. The summed E-state index contributed by atoms with van der Waals surface area (Å²) >= 11 is 3.21. The van der Waals surface area contributed by atoms with Crippen LogP contribution in [0, 0.1) is 11.3 Å². The van der Waals surface area contributed by atoms with E-state index in [9.17, 15) is 9.90 Å². The molecule has 5 heteroatoms. The number of alkyl halides is 1. The molecule has 0 aliphatic rings. The topological polar surface area (TPSA) is 70.3 Å². The maximum absolute atomic E-state index is 11.5. The largest absolute Gasteiger partial charge is 0.507 e. The summed E-state index contributed by atoms with van der Waals surface area (Å²) in [6.45, 7) is 1.90. The molecule has 0 radical (unpaired) electrons. The van der Waals surface area contributed by atoms with Crippen molar-refractivity contribution in [3.63, 3.8) is 0 Å². The summed E-state index contributed by atoms with van der Waals surface area (Å²) in [4.78, 5) is 11.5. The van der Waals surface area contributed by atoms with Crippen molar-refractivity contribution in [1.82, 2.24) is 0 Å². The van der Waals surface area contributed by atoms with Crippen molar-refractivity contribution in [3.8, 4) is 11.8 Å². The number of carbonyl (C=O) groups excluding carboxylic acids is 1. The predicted octanol–water partition coefficient (Wildman–Crippen LogP) is 2.34. The quantitative estimate of drug-likeness (QED) is 0.683. The molecule has 1 aromatic carbocycles. The Morgan fingerprint density at radius 3 is 2.81 bits per heavy atom. The number of carbonyl (C=O) groups is 1. The van der Waals surface area contributed by atoms with Crippen molar-refractivity contribution in [2.75, 3.05) is 6.61 Å². The van der Waals surface area contributed by atoms with Crippen LogP contribution < -0.4 is 0 Å². The lowest BCUT2D eigenvalue weighted by Crippen LogP contribution is -2.07. The van der Waals surface area contributed by atoms with Crippen LogP contribution in [0.15, 0.2) is 12.1 Å². The molecule has 84 valence electrons. The third kappa shape index (κ3) is 2.52. The minimum Gasteiger partial charge on any atom is -0.507 e. The van der Waals surface area contributed by atoms with E-state index in [0.29, 0.717) is 10.9 Å². The van der Waals surface area contributed by atoms with Crippen molar-refractivity contribution >= 4 is 21.9 Å². The highest BCUT2D eigenvalue weighted by atomic mass is 79.9. The van der Waals surface area contributed by atoms with Gasteiger partial charge in [-0.15, -0.1) is 0 Å². The summed E-state index contributed by atoms with van der Waals surface area (Å²) < 4.78 is 4.81. The number of phenolic OH excluding ortho intramolecular Hbond substituents is 1. The molecule has 0 saturated heterocycles. The number of aromatic hydroxyl groups is 1. The zero-order chi connectivity index (χ0) is 12.1. The first-order valence-electron chi connectivity index (χ1n) is 4.63. The van der Waals surface area contributed by atoms with Crippen LogP contribution in [-0.2, 0) is 10.1 Å². The maximum atomic E-state index is 11.5. The maximum Gasteiger partial charge on any atom is 0.339 e. The van der Waals surface area contributed by atoms with Gasteiger partial charge in [-0.3, -0.25) is 0 Å². The van der Waals surface area contributed by atoms with Crippen molar-refractivity contribution in [2.24, 2.45) is 0 Å². The second kappa shape index (κ2) is 5.52. The average molecular weight is 284 g/mol. The number of esters is 1. The Morgan fingerprint density at radius 2 is 2.31 bits per heavy atom. The van der Waals surface area contributed by atoms with Crippen molar-refractivity contribution < 1.29 is 14.6 Å². The fourth-order valence-corrected chi connectivity index (χ4v) is 1.57. The Labute approximate surface area is 102 Å². The molecule has 1 N–H and O–H groups in total.